The molecule has 0 fully saturated rings. The molecule has 8 nitrogen and oxygen atoms in total. The van der Waals surface area contributed by atoms with Crippen LogP contribution in [0.15, 0.2) is 23.3 Å². The van der Waals surface area contributed by atoms with Gasteiger partial charge in [0.05, 0.1) is 13.0 Å². The van der Waals surface area contributed by atoms with Gasteiger partial charge in [-0.1, -0.05) is 0 Å². The van der Waals surface area contributed by atoms with Crippen molar-refractivity contribution in [3.05, 3.63) is 38.7 Å². The van der Waals surface area contributed by atoms with Gasteiger partial charge in [0.1, 0.15) is 11.8 Å². The Hall–Kier alpha value is -2.68. The number of rotatable bonds is 4. The second kappa shape index (κ2) is 5.02. The molecule has 3 aromatic rings. The Balaban J connectivity index is 1.97. The third-order valence-electron chi connectivity index (χ3n) is 2.95. The highest BCUT2D eigenvalue weighted by Crippen LogP contribution is 2.20. The van der Waals surface area contributed by atoms with Crippen molar-refractivity contribution in [1.29, 1.82) is 0 Å². The highest BCUT2D eigenvalue weighted by Gasteiger charge is 2.12. The minimum absolute atomic E-state index is 0.0252. The lowest BCUT2D eigenvalue weighted by Crippen LogP contribution is -2.17. The molecule has 4 N–H and O–H groups in total. The van der Waals surface area contributed by atoms with Crippen molar-refractivity contribution in [2.75, 3.05) is 5.73 Å². The van der Waals surface area contributed by atoms with Crippen molar-refractivity contribution in [2.24, 2.45) is 0 Å². The van der Waals surface area contributed by atoms with Crippen LogP contribution in [0.25, 0.3) is 11.2 Å². The van der Waals surface area contributed by atoms with Crippen LogP contribution in [0.3, 0.4) is 0 Å². The Labute approximate surface area is 121 Å². The second-order valence-electron chi connectivity index (χ2n) is 4.41. The van der Waals surface area contributed by atoms with Gasteiger partial charge in [0.25, 0.3) is 0 Å². The Morgan fingerprint density at radius 2 is 2.14 bits per heavy atom. The van der Waals surface area contributed by atoms with Crippen molar-refractivity contribution >= 4 is 34.3 Å². The first-order valence-electron chi connectivity index (χ1n) is 6.03. The van der Waals surface area contributed by atoms with Gasteiger partial charge < -0.3 is 15.8 Å². The number of aliphatic carboxylic acids is 1. The van der Waals surface area contributed by atoms with Crippen molar-refractivity contribution in [2.45, 2.75) is 13.0 Å². The van der Waals surface area contributed by atoms with Gasteiger partial charge in [0, 0.05) is 9.75 Å². The maximum Gasteiger partial charge on any atom is 0.328 e. The van der Waals surface area contributed by atoms with Gasteiger partial charge in [0.2, 0.25) is 0 Å². The number of hydrogen-bond acceptors (Lipinski definition) is 6. The van der Waals surface area contributed by atoms with Gasteiger partial charge in [-0.05, 0) is 12.1 Å². The summed E-state index contributed by atoms with van der Waals surface area (Å²) in [5.74, 6) is -0.665. The molecule has 21 heavy (non-hydrogen) atoms. The highest BCUT2D eigenvalue weighted by molar-refractivity contribution is 7.12. The molecule has 9 heteroatoms. The number of carboxylic acid groups (broad SMARTS) is 1. The van der Waals surface area contributed by atoms with E-state index in [2.05, 4.69) is 15.0 Å². The molecule has 0 atom stereocenters. The fourth-order valence-corrected chi connectivity index (χ4v) is 3.04. The van der Waals surface area contributed by atoms with Gasteiger partial charge in [-0.3, -0.25) is 9.36 Å². The average Bonchev–Trinajstić information content (AvgIpc) is 2.97. The zero-order valence-corrected chi connectivity index (χ0v) is 11.6. The van der Waals surface area contributed by atoms with Crippen molar-refractivity contribution in [1.82, 2.24) is 19.5 Å². The SMILES string of the molecule is Nc1ncnc2c1[nH]c(=O)n2Cc1ccc(CC(=O)O)s1. The van der Waals surface area contributed by atoms with Crippen LogP contribution in [0.4, 0.5) is 5.82 Å². The summed E-state index contributed by atoms with van der Waals surface area (Å²) in [4.78, 5) is 34.8. The maximum atomic E-state index is 12.0. The molecule has 0 radical (unpaired) electrons. The van der Waals surface area contributed by atoms with E-state index in [-0.39, 0.29) is 17.9 Å². The molecular weight excluding hydrogens is 294 g/mol. The van der Waals surface area contributed by atoms with Gasteiger partial charge in [-0.2, -0.15) is 0 Å². The van der Waals surface area contributed by atoms with Gasteiger partial charge in [-0.25, -0.2) is 14.8 Å². The molecule has 3 rings (SSSR count). The van der Waals surface area contributed by atoms with Crippen LogP contribution in [0.5, 0.6) is 0 Å². The highest BCUT2D eigenvalue weighted by atomic mass is 32.1. The number of aromatic amines is 1. The monoisotopic (exact) mass is 305 g/mol. The first-order valence-corrected chi connectivity index (χ1v) is 6.84. The minimum atomic E-state index is -0.881. The van der Waals surface area contributed by atoms with E-state index in [9.17, 15) is 9.59 Å². The summed E-state index contributed by atoms with van der Waals surface area (Å²) in [6.07, 6.45) is 1.27. The molecule has 0 aliphatic heterocycles. The van der Waals surface area contributed by atoms with Gasteiger partial charge >= 0.3 is 11.7 Å². The third-order valence-corrected chi connectivity index (χ3v) is 4.02. The second-order valence-corrected chi connectivity index (χ2v) is 5.67. The molecule has 0 aliphatic carbocycles. The van der Waals surface area contributed by atoms with Crippen LogP contribution in [0, 0.1) is 0 Å². The number of carbonyl (C=O) groups is 1. The molecule has 0 amide bonds. The zero-order chi connectivity index (χ0) is 15.0. The van der Waals surface area contributed by atoms with E-state index in [1.807, 2.05) is 0 Å². The number of nitrogens with one attached hydrogen (secondary N) is 1. The first kappa shape index (κ1) is 13.3. The molecule has 0 aliphatic rings. The number of imidazole rings is 1. The first-order chi connectivity index (χ1) is 10.0. The topological polar surface area (TPSA) is 127 Å². The van der Waals surface area contributed by atoms with E-state index in [0.29, 0.717) is 17.7 Å². The molecule has 0 saturated carbocycles. The normalized spacial score (nSPS) is 11.0. The molecule has 0 bridgehead atoms. The number of H-pyrrole nitrogens is 1. The summed E-state index contributed by atoms with van der Waals surface area (Å²) in [5, 5.41) is 8.76. The average molecular weight is 305 g/mol. The standard InChI is InChI=1S/C12H11N5O3S/c13-10-9-11(15-5-14-10)17(12(20)16-9)4-7-2-1-6(21-7)3-8(18)19/h1-2,5H,3-4H2,(H,16,20)(H,18,19)(H2,13,14,15). The summed E-state index contributed by atoms with van der Waals surface area (Å²) in [5.41, 5.74) is 6.20. The third kappa shape index (κ3) is 2.50. The van der Waals surface area contributed by atoms with E-state index in [0.717, 1.165) is 9.75 Å². The molecule has 0 spiro atoms. The number of anilines is 1. The Morgan fingerprint density at radius 3 is 2.90 bits per heavy atom. The van der Waals surface area contributed by atoms with E-state index in [4.69, 9.17) is 10.8 Å². The maximum absolute atomic E-state index is 12.0. The fraction of sp³-hybridized carbons (Fsp3) is 0.167. The lowest BCUT2D eigenvalue weighted by atomic mass is 10.3. The number of nitrogens with two attached hydrogens (primary N) is 1. The summed E-state index contributed by atoms with van der Waals surface area (Å²) in [6.45, 7) is 0.305. The molecule has 3 aromatic heterocycles. The number of hydrogen-bond donors (Lipinski definition) is 3. The lowest BCUT2D eigenvalue weighted by Gasteiger charge is -2.00. The largest absolute Gasteiger partial charge is 0.481 e. The smallest absolute Gasteiger partial charge is 0.328 e. The molecule has 3 heterocycles. The van der Waals surface area contributed by atoms with Gasteiger partial charge in [-0.15, -0.1) is 11.3 Å². The van der Waals surface area contributed by atoms with E-state index in [1.54, 1.807) is 12.1 Å². The Kier molecular flexibility index (Phi) is 3.18. The van der Waals surface area contributed by atoms with Crippen molar-refractivity contribution in [3.63, 3.8) is 0 Å². The molecule has 0 unspecified atom stereocenters. The number of fused-ring (bicyclic) bond motifs is 1. The minimum Gasteiger partial charge on any atom is -0.481 e. The van der Waals surface area contributed by atoms with Crippen LogP contribution in [-0.4, -0.2) is 30.6 Å². The van der Waals surface area contributed by atoms with E-state index >= 15 is 0 Å². The summed E-state index contributed by atoms with van der Waals surface area (Å²) in [7, 11) is 0. The number of nitrogens with zero attached hydrogens (tertiary/aromatic N) is 3. The van der Waals surface area contributed by atoms with E-state index < -0.39 is 5.97 Å². The lowest BCUT2D eigenvalue weighted by molar-refractivity contribution is -0.136. The van der Waals surface area contributed by atoms with Gasteiger partial charge in [0.15, 0.2) is 11.5 Å². The molecule has 0 aromatic carbocycles. The Bertz CT molecular complexity index is 879. The summed E-state index contributed by atoms with van der Waals surface area (Å²) in [6, 6.07) is 3.55. The van der Waals surface area contributed by atoms with Crippen molar-refractivity contribution in [3.8, 4) is 0 Å². The molecule has 108 valence electrons. The number of nitrogen functional groups attached to an aromatic ring is 1. The molecule has 0 saturated heterocycles. The van der Waals surface area contributed by atoms with Crippen LogP contribution in [0.1, 0.15) is 9.75 Å². The summed E-state index contributed by atoms with van der Waals surface area (Å²) >= 11 is 1.35. The van der Waals surface area contributed by atoms with Crippen LogP contribution < -0.4 is 11.4 Å². The summed E-state index contributed by atoms with van der Waals surface area (Å²) < 4.78 is 1.45. The Morgan fingerprint density at radius 1 is 1.38 bits per heavy atom. The fourth-order valence-electron chi connectivity index (χ4n) is 2.04. The predicted octanol–water partition coefficient (Wildman–Crippen LogP) is 0.439. The number of thiophene rings is 1. The predicted molar refractivity (Wildman–Crippen MR) is 77.3 cm³/mol. The number of carboxylic acids is 1. The van der Waals surface area contributed by atoms with Crippen LogP contribution >= 0.6 is 11.3 Å². The zero-order valence-electron chi connectivity index (χ0n) is 10.7. The molecular formula is C12H11N5O3S. The quantitative estimate of drug-likeness (QED) is 0.642. The van der Waals surface area contributed by atoms with Crippen molar-refractivity contribution < 1.29 is 9.90 Å². The van der Waals surface area contributed by atoms with Crippen LogP contribution in [-0.2, 0) is 17.8 Å². The number of aromatic nitrogens is 4. The van der Waals surface area contributed by atoms with Crippen LogP contribution in [0.2, 0.25) is 0 Å². The van der Waals surface area contributed by atoms with E-state index in [1.165, 1.54) is 22.2 Å².